The standard InChI is InChI=1S/C17H30N4OS/c1-14(2)12-21-8-9-22-15(13-21)11-20-17(18-3)19-7-6-16-5-4-10-23-16/h4-5,10,14-15H,6-9,11-13H2,1-3H3,(H2,18,19,20). The lowest BCUT2D eigenvalue weighted by Gasteiger charge is -2.34. The highest BCUT2D eigenvalue weighted by Gasteiger charge is 2.20. The Labute approximate surface area is 144 Å². The van der Waals surface area contributed by atoms with Crippen LogP contribution in [0.2, 0.25) is 0 Å². The molecule has 1 unspecified atom stereocenters. The Kier molecular flexibility index (Phi) is 7.85. The van der Waals surface area contributed by atoms with E-state index in [1.807, 2.05) is 7.05 Å². The molecule has 0 amide bonds. The molecule has 23 heavy (non-hydrogen) atoms. The van der Waals surface area contributed by atoms with E-state index in [-0.39, 0.29) is 6.10 Å². The van der Waals surface area contributed by atoms with E-state index in [0.717, 1.165) is 51.7 Å². The van der Waals surface area contributed by atoms with Gasteiger partial charge in [-0.3, -0.25) is 9.89 Å². The molecule has 1 aliphatic heterocycles. The van der Waals surface area contributed by atoms with E-state index < -0.39 is 0 Å². The number of guanidine groups is 1. The van der Waals surface area contributed by atoms with Crippen molar-refractivity contribution in [3.8, 4) is 0 Å². The summed E-state index contributed by atoms with van der Waals surface area (Å²) in [6.07, 6.45) is 1.26. The predicted molar refractivity (Wildman–Crippen MR) is 98.4 cm³/mol. The van der Waals surface area contributed by atoms with Crippen LogP contribution in [0, 0.1) is 5.92 Å². The number of thiophene rings is 1. The van der Waals surface area contributed by atoms with Crippen LogP contribution in [0.4, 0.5) is 0 Å². The number of hydrogen-bond donors (Lipinski definition) is 2. The van der Waals surface area contributed by atoms with Gasteiger partial charge in [0.1, 0.15) is 0 Å². The van der Waals surface area contributed by atoms with Gasteiger partial charge in [-0.25, -0.2) is 0 Å². The number of nitrogens with zero attached hydrogens (tertiary/aromatic N) is 2. The van der Waals surface area contributed by atoms with Crippen molar-refractivity contribution in [2.24, 2.45) is 10.9 Å². The van der Waals surface area contributed by atoms with Gasteiger partial charge in [-0.05, 0) is 23.8 Å². The first-order valence-electron chi connectivity index (χ1n) is 8.48. The number of aliphatic imine (C=N–C) groups is 1. The third-order valence-electron chi connectivity index (χ3n) is 3.81. The molecule has 0 radical (unpaired) electrons. The Morgan fingerprint density at radius 2 is 2.35 bits per heavy atom. The molecule has 1 atom stereocenters. The molecule has 1 saturated heterocycles. The highest BCUT2D eigenvalue weighted by atomic mass is 32.1. The molecule has 1 aromatic heterocycles. The van der Waals surface area contributed by atoms with E-state index in [1.165, 1.54) is 4.88 Å². The number of hydrogen-bond acceptors (Lipinski definition) is 4. The second-order valence-corrected chi connectivity index (χ2v) is 7.39. The van der Waals surface area contributed by atoms with Crippen molar-refractivity contribution >= 4 is 17.3 Å². The lowest BCUT2D eigenvalue weighted by Crippen LogP contribution is -2.50. The van der Waals surface area contributed by atoms with Crippen LogP contribution in [0.5, 0.6) is 0 Å². The molecule has 2 N–H and O–H groups in total. The van der Waals surface area contributed by atoms with Crippen molar-refractivity contribution in [2.45, 2.75) is 26.4 Å². The van der Waals surface area contributed by atoms with Gasteiger partial charge >= 0.3 is 0 Å². The molecular weight excluding hydrogens is 308 g/mol. The van der Waals surface area contributed by atoms with Gasteiger partial charge in [-0.1, -0.05) is 19.9 Å². The summed E-state index contributed by atoms with van der Waals surface area (Å²) in [7, 11) is 1.81. The molecule has 0 spiro atoms. The number of nitrogens with one attached hydrogen (secondary N) is 2. The van der Waals surface area contributed by atoms with Gasteiger partial charge in [0.25, 0.3) is 0 Å². The molecule has 5 nitrogen and oxygen atoms in total. The van der Waals surface area contributed by atoms with Crippen LogP contribution in [-0.4, -0.2) is 63.3 Å². The normalized spacial score (nSPS) is 20.0. The minimum absolute atomic E-state index is 0.235. The third kappa shape index (κ3) is 6.89. The number of rotatable bonds is 7. The average Bonchev–Trinajstić information content (AvgIpc) is 3.03. The average molecular weight is 339 g/mol. The molecule has 1 aliphatic rings. The van der Waals surface area contributed by atoms with Crippen molar-refractivity contribution in [1.82, 2.24) is 15.5 Å². The summed E-state index contributed by atoms with van der Waals surface area (Å²) < 4.78 is 5.86. The SMILES string of the molecule is CN=C(NCCc1cccs1)NCC1CN(CC(C)C)CCO1. The van der Waals surface area contributed by atoms with Gasteiger partial charge in [0.2, 0.25) is 0 Å². The molecule has 0 aromatic carbocycles. The first-order chi connectivity index (χ1) is 11.2. The van der Waals surface area contributed by atoms with Crippen LogP contribution in [0.3, 0.4) is 0 Å². The summed E-state index contributed by atoms with van der Waals surface area (Å²) >= 11 is 1.80. The van der Waals surface area contributed by atoms with E-state index >= 15 is 0 Å². The van der Waals surface area contributed by atoms with E-state index in [2.05, 4.69) is 51.9 Å². The summed E-state index contributed by atoms with van der Waals surface area (Å²) in [6.45, 7) is 10.2. The van der Waals surface area contributed by atoms with E-state index in [1.54, 1.807) is 11.3 Å². The summed E-state index contributed by atoms with van der Waals surface area (Å²) in [6, 6.07) is 4.26. The Morgan fingerprint density at radius 1 is 1.48 bits per heavy atom. The van der Waals surface area contributed by atoms with Gasteiger partial charge in [0.15, 0.2) is 5.96 Å². The van der Waals surface area contributed by atoms with Gasteiger partial charge in [0.05, 0.1) is 12.7 Å². The quantitative estimate of drug-likeness (QED) is 0.588. The fraction of sp³-hybridized carbons (Fsp3) is 0.706. The van der Waals surface area contributed by atoms with Crippen LogP contribution in [-0.2, 0) is 11.2 Å². The molecule has 6 heteroatoms. The van der Waals surface area contributed by atoms with Crippen molar-refractivity contribution in [3.05, 3.63) is 22.4 Å². The smallest absolute Gasteiger partial charge is 0.191 e. The number of ether oxygens (including phenoxy) is 1. The molecular formula is C17H30N4OS. The second kappa shape index (κ2) is 9.90. The molecule has 1 fully saturated rings. The second-order valence-electron chi connectivity index (χ2n) is 6.36. The highest BCUT2D eigenvalue weighted by Crippen LogP contribution is 2.08. The van der Waals surface area contributed by atoms with Crippen LogP contribution in [0.1, 0.15) is 18.7 Å². The van der Waals surface area contributed by atoms with Crippen molar-refractivity contribution < 1.29 is 4.74 Å². The Morgan fingerprint density at radius 3 is 3.04 bits per heavy atom. The van der Waals surface area contributed by atoms with Crippen LogP contribution in [0.25, 0.3) is 0 Å². The van der Waals surface area contributed by atoms with E-state index in [0.29, 0.717) is 5.92 Å². The Bertz CT molecular complexity index is 461. The minimum Gasteiger partial charge on any atom is -0.374 e. The van der Waals surface area contributed by atoms with Crippen molar-refractivity contribution in [3.63, 3.8) is 0 Å². The van der Waals surface area contributed by atoms with Gasteiger partial charge in [0, 0.05) is 44.6 Å². The number of morpholine rings is 1. The maximum Gasteiger partial charge on any atom is 0.191 e. The zero-order valence-corrected chi connectivity index (χ0v) is 15.4. The molecule has 0 aliphatic carbocycles. The van der Waals surface area contributed by atoms with Gasteiger partial charge in [-0.15, -0.1) is 11.3 Å². The van der Waals surface area contributed by atoms with Gasteiger partial charge < -0.3 is 15.4 Å². The summed E-state index contributed by atoms with van der Waals surface area (Å²) in [4.78, 5) is 8.18. The summed E-state index contributed by atoms with van der Waals surface area (Å²) in [5.41, 5.74) is 0. The fourth-order valence-corrected chi connectivity index (χ4v) is 3.49. The third-order valence-corrected chi connectivity index (χ3v) is 4.75. The molecule has 2 heterocycles. The van der Waals surface area contributed by atoms with E-state index in [4.69, 9.17) is 4.74 Å². The Hall–Kier alpha value is -1.11. The first-order valence-corrected chi connectivity index (χ1v) is 9.36. The largest absolute Gasteiger partial charge is 0.374 e. The topological polar surface area (TPSA) is 48.9 Å². The summed E-state index contributed by atoms with van der Waals surface area (Å²) in [5, 5.41) is 8.87. The van der Waals surface area contributed by atoms with Crippen LogP contribution < -0.4 is 10.6 Å². The maximum absolute atomic E-state index is 5.86. The van der Waals surface area contributed by atoms with E-state index in [9.17, 15) is 0 Å². The zero-order valence-electron chi connectivity index (χ0n) is 14.5. The van der Waals surface area contributed by atoms with Crippen molar-refractivity contribution in [1.29, 1.82) is 0 Å². The molecule has 0 saturated carbocycles. The fourth-order valence-electron chi connectivity index (χ4n) is 2.78. The molecule has 1 aromatic rings. The Balaban J connectivity index is 1.66. The highest BCUT2D eigenvalue weighted by molar-refractivity contribution is 7.09. The maximum atomic E-state index is 5.86. The first kappa shape index (κ1) is 18.2. The lowest BCUT2D eigenvalue weighted by molar-refractivity contribution is -0.0284. The molecule has 2 rings (SSSR count). The van der Waals surface area contributed by atoms with Crippen LogP contribution >= 0.6 is 11.3 Å². The monoisotopic (exact) mass is 338 g/mol. The predicted octanol–water partition coefficient (Wildman–Crippen LogP) is 1.81. The lowest BCUT2D eigenvalue weighted by atomic mass is 10.2. The van der Waals surface area contributed by atoms with Crippen molar-refractivity contribution in [2.75, 3.05) is 46.4 Å². The zero-order chi connectivity index (χ0) is 16.5. The molecule has 130 valence electrons. The van der Waals surface area contributed by atoms with Crippen LogP contribution in [0.15, 0.2) is 22.5 Å². The minimum atomic E-state index is 0.235. The summed E-state index contributed by atoms with van der Waals surface area (Å²) in [5.74, 6) is 1.56. The molecule has 0 bridgehead atoms. The van der Waals surface area contributed by atoms with Gasteiger partial charge in [-0.2, -0.15) is 0 Å².